The highest BCUT2D eigenvalue weighted by molar-refractivity contribution is 6.00. The van der Waals surface area contributed by atoms with Gasteiger partial charge in [-0.05, 0) is 28.8 Å². The van der Waals surface area contributed by atoms with E-state index in [0.29, 0.717) is 5.69 Å². The van der Waals surface area contributed by atoms with Crippen molar-refractivity contribution < 1.29 is 14.7 Å². The number of hydrogen-bond acceptors (Lipinski definition) is 3. The van der Waals surface area contributed by atoms with Crippen LogP contribution in [0.4, 0.5) is 0 Å². The Balaban J connectivity index is 1.95. The highest BCUT2D eigenvalue weighted by atomic mass is 16.4. The molecule has 132 valence electrons. The second-order valence-electron chi connectivity index (χ2n) is 6.63. The topological polar surface area (TPSA) is 95.1 Å². The lowest BCUT2D eigenvalue weighted by molar-refractivity contribution is -0.143. The number of nitrogens with one attached hydrogen (secondary N) is 1. The van der Waals surface area contributed by atoms with Gasteiger partial charge in [-0.1, -0.05) is 38.1 Å². The molecule has 0 saturated heterocycles. The molecule has 0 saturated carbocycles. The Bertz CT molecular complexity index is 1040. The van der Waals surface area contributed by atoms with Gasteiger partial charge in [0, 0.05) is 17.0 Å². The number of carboxylic acids is 1. The first-order valence-corrected chi connectivity index (χ1v) is 8.34. The van der Waals surface area contributed by atoms with Crippen molar-refractivity contribution in [3.8, 4) is 6.07 Å². The first kappa shape index (κ1) is 17.5. The van der Waals surface area contributed by atoms with Gasteiger partial charge in [0.2, 0.25) is 5.91 Å². The molecule has 26 heavy (non-hydrogen) atoms. The molecule has 0 aliphatic carbocycles. The average molecular weight is 349 g/mol. The highest BCUT2D eigenvalue weighted by Crippen LogP contribution is 2.26. The minimum atomic E-state index is -1.07. The van der Waals surface area contributed by atoms with E-state index in [9.17, 15) is 20.0 Å². The zero-order valence-electron chi connectivity index (χ0n) is 14.6. The summed E-state index contributed by atoms with van der Waals surface area (Å²) in [7, 11) is 0. The molecule has 3 rings (SSSR count). The minimum Gasteiger partial charge on any atom is -0.480 e. The SMILES string of the molecule is CC(C)[C@@H](NC(=O)Cn1cc2cc3ccccc3cc2c1C#N)C(=O)O. The Labute approximate surface area is 150 Å². The molecule has 1 atom stereocenters. The summed E-state index contributed by atoms with van der Waals surface area (Å²) in [5, 5.41) is 25.0. The molecule has 0 aliphatic heterocycles. The fraction of sp³-hybridized carbons (Fsp3) is 0.250. The molecule has 6 nitrogen and oxygen atoms in total. The van der Waals surface area contributed by atoms with Crippen LogP contribution < -0.4 is 5.32 Å². The summed E-state index contributed by atoms with van der Waals surface area (Å²) in [5.41, 5.74) is 0.386. The first-order valence-electron chi connectivity index (χ1n) is 8.34. The predicted octanol–water partition coefficient (Wildman–Crippen LogP) is 2.89. The summed E-state index contributed by atoms with van der Waals surface area (Å²) < 4.78 is 1.57. The summed E-state index contributed by atoms with van der Waals surface area (Å²) in [5.74, 6) is -1.74. The Hall–Kier alpha value is -3.33. The first-order chi connectivity index (χ1) is 12.4. The number of benzene rings is 2. The lowest BCUT2D eigenvalue weighted by Gasteiger charge is -2.18. The van der Waals surface area contributed by atoms with Crippen molar-refractivity contribution in [2.24, 2.45) is 5.92 Å². The van der Waals surface area contributed by atoms with Crippen molar-refractivity contribution in [3.63, 3.8) is 0 Å². The third-order valence-electron chi connectivity index (χ3n) is 4.42. The molecule has 0 aliphatic rings. The van der Waals surface area contributed by atoms with Crippen molar-refractivity contribution in [2.45, 2.75) is 26.4 Å². The molecular weight excluding hydrogens is 330 g/mol. The van der Waals surface area contributed by atoms with Gasteiger partial charge in [-0.15, -0.1) is 0 Å². The van der Waals surface area contributed by atoms with Crippen LogP contribution in [0.1, 0.15) is 19.5 Å². The van der Waals surface area contributed by atoms with Crippen molar-refractivity contribution >= 4 is 33.4 Å². The number of carbonyl (C=O) groups is 2. The molecule has 1 amide bonds. The summed E-state index contributed by atoms with van der Waals surface area (Å²) in [6, 6.07) is 13.0. The number of carboxylic acid groups (broad SMARTS) is 1. The summed E-state index contributed by atoms with van der Waals surface area (Å²) in [6.45, 7) is 3.36. The van der Waals surface area contributed by atoms with Crippen LogP contribution in [-0.4, -0.2) is 27.6 Å². The maximum atomic E-state index is 12.3. The monoisotopic (exact) mass is 349 g/mol. The largest absolute Gasteiger partial charge is 0.480 e. The number of amides is 1. The zero-order valence-corrected chi connectivity index (χ0v) is 14.6. The van der Waals surface area contributed by atoms with Gasteiger partial charge in [-0.3, -0.25) is 4.79 Å². The smallest absolute Gasteiger partial charge is 0.326 e. The van der Waals surface area contributed by atoms with E-state index in [1.165, 1.54) is 0 Å². The van der Waals surface area contributed by atoms with Gasteiger partial charge in [0.1, 0.15) is 24.3 Å². The summed E-state index contributed by atoms with van der Waals surface area (Å²) in [4.78, 5) is 23.6. The number of aromatic nitrogens is 1. The van der Waals surface area contributed by atoms with Crippen LogP contribution in [0, 0.1) is 17.2 Å². The molecule has 1 aromatic heterocycles. The Kier molecular flexibility index (Phi) is 4.63. The van der Waals surface area contributed by atoms with Crippen LogP contribution in [-0.2, 0) is 16.1 Å². The Morgan fingerprint density at radius 1 is 1.19 bits per heavy atom. The molecule has 3 aromatic rings. The third kappa shape index (κ3) is 3.24. The van der Waals surface area contributed by atoms with E-state index in [2.05, 4.69) is 11.4 Å². The van der Waals surface area contributed by atoms with Gasteiger partial charge in [0.15, 0.2) is 0 Å². The van der Waals surface area contributed by atoms with Gasteiger partial charge in [-0.2, -0.15) is 5.26 Å². The van der Waals surface area contributed by atoms with Crippen LogP contribution in [0.15, 0.2) is 42.6 Å². The van der Waals surface area contributed by atoms with Crippen molar-refractivity contribution in [3.05, 3.63) is 48.3 Å². The molecule has 2 N–H and O–H groups in total. The van der Waals surface area contributed by atoms with Crippen LogP contribution in [0.2, 0.25) is 0 Å². The summed E-state index contributed by atoms with van der Waals surface area (Å²) >= 11 is 0. The molecule has 2 aromatic carbocycles. The molecule has 0 spiro atoms. The normalized spacial score (nSPS) is 12.2. The van der Waals surface area contributed by atoms with E-state index in [1.54, 1.807) is 24.6 Å². The standard InChI is InChI=1S/C20H19N3O3/c1-12(2)19(20(25)26)22-18(24)11-23-10-15-7-13-5-3-4-6-14(13)8-16(15)17(23)9-21/h3-8,10,12,19H,11H2,1-2H3,(H,22,24)(H,25,26)/t19-/m1/s1. The second kappa shape index (κ2) is 6.89. The number of nitrogens with zero attached hydrogens (tertiary/aromatic N) is 2. The number of nitriles is 1. The lowest BCUT2D eigenvalue weighted by Crippen LogP contribution is -2.45. The maximum absolute atomic E-state index is 12.3. The Morgan fingerprint density at radius 2 is 1.85 bits per heavy atom. The molecule has 0 unspecified atom stereocenters. The van der Waals surface area contributed by atoms with Crippen LogP contribution >= 0.6 is 0 Å². The number of fused-ring (bicyclic) bond motifs is 2. The lowest BCUT2D eigenvalue weighted by atomic mass is 10.1. The molecule has 0 fully saturated rings. The van der Waals surface area contributed by atoms with Gasteiger partial charge in [0.25, 0.3) is 0 Å². The fourth-order valence-corrected chi connectivity index (χ4v) is 3.09. The number of aliphatic carboxylic acids is 1. The van der Waals surface area contributed by atoms with E-state index >= 15 is 0 Å². The molecule has 1 heterocycles. The molecule has 0 radical (unpaired) electrons. The van der Waals surface area contributed by atoms with Crippen molar-refractivity contribution in [1.29, 1.82) is 5.26 Å². The van der Waals surface area contributed by atoms with E-state index in [4.69, 9.17) is 0 Å². The maximum Gasteiger partial charge on any atom is 0.326 e. The Morgan fingerprint density at radius 3 is 2.42 bits per heavy atom. The van der Waals surface area contributed by atoms with Crippen LogP contribution in [0.5, 0.6) is 0 Å². The second-order valence-corrected chi connectivity index (χ2v) is 6.63. The highest BCUT2D eigenvalue weighted by Gasteiger charge is 2.24. The van der Waals surface area contributed by atoms with E-state index in [-0.39, 0.29) is 12.5 Å². The van der Waals surface area contributed by atoms with Gasteiger partial charge in [0.05, 0.1) is 0 Å². The van der Waals surface area contributed by atoms with E-state index in [0.717, 1.165) is 21.5 Å². The predicted molar refractivity (Wildman–Crippen MR) is 98.6 cm³/mol. The third-order valence-corrected chi connectivity index (χ3v) is 4.42. The molecule has 0 bridgehead atoms. The van der Waals surface area contributed by atoms with Gasteiger partial charge >= 0.3 is 5.97 Å². The van der Waals surface area contributed by atoms with E-state index in [1.807, 2.05) is 36.4 Å². The molecule has 6 heteroatoms. The number of rotatable bonds is 5. The van der Waals surface area contributed by atoms with Crippen LogP contribution in [0.3, 0.4) is 0 Å². The van der Waals surface area contributed by atoms with Gasteiger partial charge < -0.3 is 15.0 Å². The fourth-order valence-electron chi connectivity index (χ4n) is 3.09. The number of carbonyl (C=O) groups excluding carboxylic acids is 1. The number of hydrogen-bond donors (Lipinski definition) is 2. The van der Waals surface area contributed by atoms with Gasteiger partial charge in [-0.25, -0.2) is 4.79 Å². The van der Waals surface area contributed by atoms with Crippen LogP contribution in [0.25, 0.3) is 21.5 Å². The molecular formula is C20H19N3O3. The van der Waals surface area contributed by atoms with Crippen molar-refractivity contribution in [1.82, 2.24) is 9.88 Å². The van der Waals surface area contributed by atoms with Crippen molar-refractivity contribution in [2.75, 3.05) is 0 Å². The van der Waals surface area contributed by atoms with E-state index < -0.39 is 17.9 Å². The summed E-state index contributed by atoms with van der Waals surface area (Å²) in [6.07, 6.45) is 1.76. The zero-order chi connectivity index (χ0) is 18.8. The quantitative estimate of drug-likeness (QED) is 0.740. The minimum absolute atomic E-state index is 0.107. The average Bonchev–Trinajstić information content (AvgIpc) is 2.92.